The van der Waals surface area contributed by atoms with Gasteiger partial charge in [0.25, 0.3) is 0 Å². The van der Waals surface area contributed by atoms with E-state index in [0.29, 0.717) is 22.2 Å². The van der Waals surface area contributed by atoms with Crippen LogP contribution in [-0.2, 0) is 11.3 Å². The van der Waals surface area contributed by atoms with Crippen LogP contribution in [-0.4, -0.2) is 11.7 Å². The summed E-state index contributed by atoms with van der Waals surface area (Å²) in [5.74, 6) is -0.371. The lowest BCUT2D eigenvalue weighted by Crippen LogP contribution is -2.24. The van der Waals surface area contributed by atoms with Crippen LogP contribution in [0.5, 0.6) is 0 Å². The van der Waals surface area contributed by atoms with Crippen molar-refractivity contribution in [1.29, 1.82) is 0 Å². The van der Waals surface area contributed by atoms with Gasteiger partial charge < -0.3 is 11.1 Å². The van der Waals surface area contributed by atoms with Gasteiger partial charge in [-0.05, 0) is 29.8 Å². The summed E-state index contributed by atoms with van der Waals surface area (Å²) in [7, 11) is 0. The second-order valence-electron chi connectivity index (χ2n) is 4.34. The number of halogens is 2. The van der Waals surface area contributed by atoms with Crippen LogP contribution < -0.4 is 11.1 Å². The number of rotatable bonds is 5. The van der Waals surface area contributed by atoms with E-state index in [1.807, 2.05) is 18.2 Å². The first-order chi connectivity index (χ1) is 10.1. The number of hydrogen-bond donors (Lipinski definition) is 2. The monoisotopic (exact) mass is 324 g/mol. The Balaban J connectivity index is 1.85. The van der Waals surface area contributed by atoms with Crippen molar-refractivity contribution >= 4 is 35.0 Å². The standard InChI is InChI=1S/C15H14ClFN2OS/c16-12-4-2-1-3-10(12)8-19-15(20)9-21-14-7-11(17)5-6-13(14)18/h1-7H,8-9,18H2,(H,19,20). The Hall–Kier alpha value is -1.72. The quantitative estimate of drug-likeness (QED) is 0.654. The van der Waals surface area contributed by atoms with Crippen LogP contribution in [0.4, 0.5) is 10.1 Å². The molecular weight excluding hydrogens is 311 g/mol. The molecule has 0 bridgehead atoms. The van der Waals surface area contributed by atoms with Crippen molar-refractivity contribution in [2.24, 2.45) is 0 Å². The molecule has 3 N–H and O–H groups in total. The van der Waals surface area contributed by atoms with Gasteiger partial charge in [0.15, 0.2) is 0 Å². The summed E-state index contributed by atoms with van der Waals surface area (Å²) >= 11 is 7.20. The fourth-order valence-electron chi connectivity index (χ4n) is 1.66. The van der Waals surface area contributed by atoms with Crippen LogP contribution in [0, 0.1) is 5.82 Å². The fraction of sp³-hybridized carbons (Fsp3) is 0.133. The number of benzene rings is 2. The molecule has 0 aliphatic carbocycles. The van der Waals surface area contributed by atoms with E-state index in [4.69, 9.17) is 17.3 Å². The van der Waals surface area contributed by atoms with E-state index in [0.717, 1.165) is 5.56 Å². The minimum Gasteiger partial charge on any atom is -0.398 e. The molecule has 0 saturated heterocycles. The van der Waals surface area contributed by atoms with Gasteiger partial charge in [0, 0.05) is 22.2 Å². The summed E-state index contributed by atoms with van der Waals surface area (Å²) in [5.41, 5.74) is 7.03. The van der Waals surface area contributed by atoms with Crippen LogP contribution in [0.15, 0.2) is 47.4 Å². The molecule has 0 radical (unpaired) electrons. The number of nitrogens with two attached hydrogens (primary N) is 1. The van der Waals surface area contributed by atoms with Gasteiger partial charge in [-0.2, -0.15) is 0 Å². The van der Waals surface area contributed by atoms with Gasteiger partial charge in [0.05, 0.1) is 5.75 Å². The number of thioether (sulfide) groups is 1. The molecule has 1 amide bonds. The third-order valence-electron chi connectivity index (χ3n) is 2.77. The van der Waals surface area contributed by atoms with Crippen molar-refractivity contribution in [3.8, 4) is 0 Å². The van der Waals surface area contributed by atoms with Gasteiger partial charge in [-0.15, -0.1) is 11.8 Å². The number of nitrogens with one attached hydrogen (secondary N) is 1. The number of carbonyl (C=O) groups excluding carboxylic acids is 1. The second-order valence-corrected chi connectivity index (χ2v) is 5.76. The van der Waals surface area contributed by atoms with Crippen molar-refractivity contribution in [1.82, 2.24) is 5.32 Å². The van der Waals surface area contributed by atoms with Gasteiger partial charge in [0.2, 0.25) is 5.91 Å². The van der Waals surface area contributed by atoms with E-state index in [9.17, 15) is 9.18 Å². The van der Waals surface area contributed by atoms with E-state index in [-0.39, 0.29) is 17.5 Å². The van der Waals surface area contributed by atoms with Crippen molar-refractivity contribution < 1.29 is 9.18 Å². The Morgan fingerprint density at radius 2 is 2.05 bits per heavy atom. The third kappa shape index (κ3) is 4.65. The van der Waals surface area contributed by atoms with Crippen LogP contribution >= 0.6 is 23.4 Å². The molecule has 0 aliphatic rings. The third-order valence-corrected chi connectivity index (χ3v) is 4.21. The molecule has 21 heavy (non-hydrogen) atoms. The molecular formula is C15H14ClFN2OS. The number of hydrogen-bond acceptors (Lipinski definition) is 3. The molecule has 110 valence electrons. The van der Waals surface area contributed by atoms with Crippen molar-refractivity contribution in [2.45, 2.75) is 11.4 Å². The average Bonchev–Trinajstić information content (AvgIpc) is 2.47. The SMILES string of the molecule is Nc1ccc(F)cc1SCC(=O)NCc1ccccc1Cl. The zero-order valence-corrected chi connectivity index (χ0v) is 12.7. The zero-order valence-electron chi connectivity index (χ0n) is 11.1. The highest BCUT2D eigenvalue weighted by Gasteiger charge is 2.07. The van der Waals surface area contributed by atoms with E-state index >= 15 is 0 Å². The first-order valence-electron chi connectivity index (χ1n) is 6.24. The molecule has 3 nitrogen and oxygen atoms in total. The highest BCUT2D eigenvalue weighted by molar-refractivity contribution is 8.00. The number of anilines is 1. The van der Waals surface area contributed by atoms with Crippen LogP contribution in [0.25, 0.3) is 0 Å². The summed E-state index contributed by atoms with van der Waals surface area (Å²) in [4.78, 5) is 12.3. The molecule has 0 heterocycles. The Labute approximate surface area is 131 Å². The number of amides is 1. The van der Waals surface area contributed by atoms with E-state index in [2.05, 4.69) is 5.32 Å². The largest absolute Gasteiger partial charge is 0.398 e. The summed E-state index contributed by atoms with van der Waals surface area (Å²) < 4.78 is 13.1. The molecule has 0 unspecified atom stereocenters. The highest BCUT2D eigenvalue weighted by Crippen LogP contribution is 2.25. The van der Waals surface area contributed by atoms with Crippen LogP contribution in [0.1, 0.15) is 5.56 Å². The van der Waals surface area contributed by atoms with Gasteiger partial charge >= 0.3 is 0 Å². The Kier molecular flexibility index (Phi) is 5.47. The number of carbonyl (C=O) groups is 1. The summed E-state index contributed by atoms with van der Waals surface area (Å²) in [6.45, 7) is 0.359. The molecule has 0 aromatic heterocycles. The zero-order chi connectivity index (χ0) is 15.2. The van der Waals surface area contributed by atoms with Gasteiger partial charge in [-0.25, -0.2) is 4.39 Å². The van der Waals surface area contributed by atoms with E-state index < -0.39 is 0 Å². The molecule has 0 atom stereocenters. The Morgan fingerprint density at radius 1 is 1.29 bits per heavy atom. The van der Waals surface area contributed by atoms with Gasteiger partial charge in [-0.1, -0.05) is 29.8 Å². The average molecular weight is 325 g/mol. The molecule has 6 heteroatoms. The lowest BCUT2D eigenvalue weighted by atomic mass is 10.2. The molecule has 2 aromatic carbocycles. The summed E-state index contributed by atoms with van der Waals surface area (Å²) in [5, 5.41) is 3.38. The Bertz CT molecular complexity index is 651. The smallest absolute Gasteiger partial charge is 0.230 e. The first kappa shape index (κ1) is 15.7. The van der Waals surface area contributed by atoms with Gasteiger partial charge in [0.1, 0.15) is 5.82 Å². The van der Waals surface area contributed by atoms with Crippen LogP contribution in [0.2, 0.25) is 5.02 Å². The van der Waals surface area contributed by atoms with Gasteiger partial charge in [-0.3, -0.25) is 4.79 Å². The minimum atomic E-state index is -0.372. The second kappa shape index (κ2) is 7.33. The maximum Gasteiger partial charge on any atom is 0.230 e. The molecule has 2 rings (SSSR count). The molecule has 0 saturated carbocycles. The summed E-state index contributed by atoms with van der Waals surface area (Å²) in [6, 6.07) is 11.4. The lowest BCUT2D eigenvalue weighted by Gasteiger charge is -2.08. The van der Waals surface area contributed by atoms with E-state index in [1.54, 1.807) is 6.07 Å². The lowest BCUT2D eigenvalue weighted by molar-refractivity contribution is -0.118. The molecule has 0 fully saturated rings. The van der Waals surface area contributed by atoms with Crippen molar-refractivity contribution in [3.63, 3.8) is 0 Å². The topological polar surface area (TPSA) is 55.1 Å². The first-order valence-corrected chi connectivity index (χ1v) is 7.60. The molecule has 0 aliphatic heterocycles. The fourth-order valence-corrected chi connectivity index (χ4v) is 2.68. The molecule has 0 spiro atoms. The predicted molar refractivity (Wildman–Crippen MR) is 84.8 cm³/mol. The molecule has 2 aromatic rings. The van der Waals surface area contributed by atoms with Crippen LogP contribution in [0.3, 0.4) is 0 Å². The van der Waals surface area contributed by atoms with Crippen molar-refractivity contribution in [3.05, 3.63) is 58.9 Å². The number of nitrogen functional groups attached to an aromatic ring is 1. The summed E-state index contributed by atoms with van der Waals surface area (Å²) in [6.07, 6.45) is 0. The minimum absolute atomic E-state index is 0.163. The predicted octanol–water partition coefficient (Wildman–Crippen LogP) is 3.47. The van der Waals surface area contributed by atoms with Crippen molar-refractivity contribution in [2.75, 3.05) is 11.5 Å². The normalized spacial score (nSPS) is 10.4. The van der Waals surface area contributed by atoms with E-state index in [1.165, 1.54) is 30.0 Å². The maximum atomic E-state index is 13.1. The highest BCUT2D eigenvalue weighted by atomic mass is 35.5. The Morgan fingerprint density at radius 3 is 2.81 bits per heavy atom. The maximum absolute atomic E-state index is 13.1.